The van der Waals surface area contributed by atoms with E-state index in [1.165, 1.54) is 6.07 Å². The topological polar surface area (TPSA) is 38.0 Å². The molecule has 0 radical (unpaired) electrons. The van der Waals surface area contributed by atoms with E-state index in [4.69, 9.17) is 5.73 Å². The minimum atomic E-state index is -0.175. The summed E-state index contributed by atoms with van der Waals surface area (Å²) in [4.78, 5) is 0. The maximum Gasteiger partial charge on any atom is 0.123 e. The van der Waals surface area contributed by atoms with Crippen molar-refractivity contribution in [1.29, 1.82) is 0 Å². The van der Waals surface area contributed by atoms with Crippen molar-refractivity contribution in [2.24, 2.45) is 5.73 Å². The van der Waals surface area contributed by atoms with Crippen LogP contribution in [-0.4, -0.2) is 18.6 Å². The van der Waals surface area contributed by atoms with Gasteiger partial charge in [0.15, 0.2) is 0 Å². The van der Waals surface area contributed by atoms with Crippen LogP contribution >= 0.6 is 0 Å². The molecule has 3 N–H and O–H groups in total. The van der Waals surface area contributed by atoms with Crippen molar-refractivity contribution in [1.82, 2.24) is 5.32 Å². The lowest BCUT2D eigenvalue weighted by Gasteiger charge is -2.24. The average molecular weight is 210 g/mol. The maximum atomic E-state index is 12.9. The van der Waals surface area contributed by atoms with Gasteiger partial charge >= 0.3 is 0 Å². The van der Waals surface area contributed by atoms with Crippen LogP contribution in [0.5, 0.6) is 0 Å². The van der Waals surface area contributed by atoms with Gasteiger partial charge in [-0.05, 0) is 44.5 Å². The molecular formula is C12H19FN2. The van der Waals surface area contributed by atoms with Gasteiger partial charge in [-0.1, -0.05) is 12.1 Å². The van der Waals surface area contributed by atoms with Crippen LogP contribution in [0.25, 0.3) is 0 Å². The first kappa shape index (κ1) is 12.1. The summed E-state index contributed by atoms with van der Waals surface area (Å²) in [5, 5.41) is 3.33. The smallest absolute Gasteiger partial charge is 0.123 e. The molecule has 1 rings (SSSR count). The highest BCUT2D eigenvalue weighted by Gasteiger charge is 2.13. The minimum absolute atomic E-state index is 0.0483. The summed E-state index contributed by atoms with van der Waals surface area (Å²) >= 11 is 0. The molecule has 0 amide bonds. The molecule has 0 saturated heterocycles. The fraction of sp³-hybridized carbons (Fsp3) is 0.500. The summed E-state index contributed by atoms with van der Waals surface area (Å²) in [7, 11) is 0. The van der Waals surface area contributed by atoms with Crippen LogP contribution in [0.4, 0.5) is 4.39 Å². The maximum absolute atomic E-state index is 12.9. The Hall–Kier alpha value is -0.930. The van der Waals surface area contributed by atoms with Gasteiger partial charge in [0.05, 0.1) is 0 Å². The van der Waals surface area contributed by atoms with Crippen molar-refractivity contribution >= 4 is 0 Å². The Morgan fingerprint density at radius 1 is 1.40 bits per heavy atom. The van der Waals surface area contributed by atoms with Crippen LogP contribution in [0.3, 0.4) is 0 Å². The van der Waals surface area contributed by atoms with Gasteiger partial charge in [-0.15, -0.1) is 0 Å². The molecule has 0 spiro atoms. The molecule has 0 heterocycles. The van der Waals surface area contributed by atoms with Crippen molar-refractivity contribution in [3.8, 4) is 0 Å². The summed E-state index contributed by atoms with van der Waals surface area (Å²) in [6, 6.07) is 6.69. The zero-order chi connectivity index (χ0) is 11.3. The monoisotopic (exact) mass is 210 g/mol. The lowest BCUT2D eigenvalue weighted by Crippen LogP contribution is -2.46. The molecule has 3 heteroatoms. The number of hydrogen-bond donors (Lipinski definition) is 2. The predicted octanol–water partition coefficient (Wildman–Crippen LogP) is 1.70. The molecule has 0 aromatic heterocycles. The van der Waals surface area contributed by atoms with Crippen LogP contribution in [0.15, 0.2) is 24.3 Å². The number of benzene rings is 1. The number of hydrogen-bond acceptors (Lipinski definition) is 2. The third-order valence-electron chi connectivity index (χ3n) is 2.42. The Labute approximate surface area is 90.7 Å². The van der Waals surface area contributed by atoms with Crippen LogP contribution < -0.4 is 11.1 Å². The van der Waals surface area contributed by atoms with Gasteiger partial charge in [-0.25, -0.2) is 4.39 Å². The highest BCUT2D eigenvalue weighted by molar-refractivity contribution is 5.16. The summed E-state index contributed by atoms with van der Waals surface area (Å²) < 4.78 is 12.9. The van der Waals surface area contributed by atoms with E-state index in [2.05, 4.69) is 19.2 Å². The zero-order valence-corrected chi connectivity index (χ0v) is 9.39. The summed E-state index contributed by atoms with van der Waals surface area (Å²) in [6.07, 6.45) is 0.821. The van der Waals surface area contributed by atoms with Gasteiger partial charge in [0.25, 0.3) is 0 Å². The van der Waals surface area contributed by atoms with Crippen LogP contribution in [0.2, 0.25) is 0 Å². The first-order chi connectivity index (χ1) is 7.03. The first-order valence-corrected chi connectivity index (χ1v) is 5.23. The quantitative estimate of drug-likeness (QED) is 0.776. The van der Waals surface area contributed by atoms with Crippen molar-refractivity contribution in [3.63, 3.8) is 0 Å². The van der Waals surface area contributed by atoms with Crippen LogP contribution in [0.1, 0.15) is 19.4 Å². The molecule has 2 nitrogen and oxygen atoms in total. The fourth-order valence-electron chi connectivity index (χ4n) is 1.31. The largest absolute Gasteiger partial charge is 0.329 e. The van der Waals surface area contributed by atoms with Crippen molar-refractivity contribution < 1.29 is 4.39 Å². The molecule has 1 aromatic rings. The highest BCUT2D eigenvalue weighted by atomic mass is 19.1. The highest BCUT2D eigenvalue weighted by Crippen LogP contribution is 2.05. The van der Waals surface area contributed by atoms with Gasteiger partial charge in [-0.3, -0.25) is 0 Å². The van der Waals surface area contributed by atoms with E-state index in [-0.39, 0.29) is 11.4 Å². The first-order valence-electron chi connectivity index (χ1n) is 5.23. The molecule has 0 atom stereocenters. The van der Waals surface area contributed by atoms with Gasteiger partial charge in [-0.2, -0.15) is 0 Å². The van der Waals surface area contributed by atoms with Gasteiger partial charge < -0.3 is 11.1 Å². The number of nitrogens with two attached hydrogens (primary N) is 1. The lowest BCUT2D eigenvalue weighted by molar-refractivity contribution is 0.401. The average Bonchev–Trinajstić information content (AvgIpc) is 2.18. The zero-order valence-electron chi connectivity index (χ0n) is 9.39. The molecular weight excluding hydrogens is 191 g/mol. The Balaban J connectivity index is 2.38. The van der Waals surface area contributed by atoms with Gasteiger partial charge in [0, 0.05) is 12.1 Å². The van der Waals surface area contributed by atoms with Gasteiger partial charge in [0.1, 0.15) is 5.82 Å². The molecule has 84 valence electrons. The summed E-state index contributed by atoms with van der Waals surface area (Å²) in [5.41, 5.74) is 6.55. The minimum Gasteiger partial charge on any atom is -0.329 e. The second kappa shape index (κ2) is 5.24. The van der Waals surface area contributed by atoms with E-state index < -0.39 is 0 Å². The lowest BCUT2D eigenvalue weighted by atomic mass is 10.1. The Bertz CT molecular complexity index is 310. The standard InChI is InChI=1S/C12H19FN2/c1-12(2,9-14)15-7-6-10-4-3-5-11(13)8-10/h3-5,8,15H,6-7,9,14H2,1-2H3. The fourth-order valence-corrected chi connectivity index (χ4v) is 1.31. The van der Waals surface area contributed by atoms with Gasteiger partial charge in [0.2, 0.25) is 0 Å². The number of nitrogens with one attached hydrogen (secondary N) is 1. The number of halogens is 1. The molecule has 0 saturated carbocycles. The molecule has 0 unspecified atom stereocenters. The molecule has 15 heavy (non-hydrogen) atoms. The third kappa shape index (κ3) is 4.40. The van der Waals surface area contributed by atoms with Crippen molar-refractivity contribution in [2.45, 2.75) is 25.8 Å². The molecule has 0 fully saturated rings. The molecule has 0 aliphatic carbocycles. The Morgan fingerprint density at radius 2 is 2.13 bits per heavy atom. The van der Waals surface area contributed by atoms with E-state index in [1.807, 2.05) is 6.07 Å². The van der Waals surface area contributed by atoms with E-state index in [9.17, 15) is 4.39 Å². The van der Waals surface area contributed by atoms with E-state index in [1.54, 1.807) is 12.1 Å². The Morgan fingerprint density at radius 3 is 2.73 bits per heavy atom. The number of rotatable bonds is 5. The summed E-state index contributed by atoms with van der Waals surface area (Å²) in [6.45, 7) is 5.51. The molecule has 0 aliphatic rings. The van der Waals surface area contributed by atoms with Crippen LogP contribution in [0, 0.1) is 5.82 Å². The predicted molar refractivity (Wildman–Crippen MR) is 61.2 cm³/mol. The normalized spacial score (nSPS) is 11.7. The summed E-state index contributed by atoms with van der Waals surface area (Å²) in [5.74, 6) is -0.175. The van der Waals surface area contributed by atoms with E-state index in [0.717, 1.165) is 18.5 Å². The molecule has 0 aliphatic heterocycles. The third-order valence-corrected chi connectivity index (χ3v) is 2.42. The Kier molecular flexibility index (Phi) is 4.24. The van der Waals surface area contributed by atoms with Crippen molar-refractivity contribution in [3.05, 3.63) is 35.6 Å². The second-order valence-electron chi connectivity index (χ2n) is 4.39. The van der Waals surface area contributed by atoms with Crippen molar-refractivity contribution in [2.75, 3.05) is 13.1 Å². The molecule has 0 bridgehead atoms. The van der Waals surface area contributed by atoms with E-state index >= 15 is 0 Å². The molecule has 1 aromatic carbocycles. The second-order valence-corrected chi connectivity index (χ2v) is 4.39. The van der Waals surface area contributed by atoms with Crippen LogP contribution in [-0.2, 0) is 6.42 Å². The SMILES string of the molecule is CC(C)(CN)NCCc1cccc(F)c1. The van der Waals surface area contributed by atoms with E-state index in [0.29, 0.717) is 6.54 Å².